The van der Waals surface area contributed by atoms with E-state index in [-0.39, 0.29) is 12.7 Å². The number of carbonyl (C=O) groups is 1. The molecular weight excluding hydrogens is 344 g/mol. The summed E-state index contributed by atoms with van der Waals surface area (Å²) in [5.41, 5.74) is 4.53. The maximum atomic E-state index is 12.7. The van der Waals surface area contributed by atoms with Gasteiger partial charge in [-0.05, 0) is 43.7 Å². The maximum Gasteiger partial charge on any atom is 0.254 e. The van der Waals surface area contributed by atoms with E-state index >= 15 is 0 Å². The fourth-order valence-electron chi connectivity index (χ4n) is 3.08. The zero-order chi connectivity index (χ0) is 19.0. The van der Waals surface area contributed by atoms with Crippen LogP contribution in [0.3, 0.4) is 0 Å². The molecule has 0 radical (unpaired) electrons. The third kappa shape index (κ3) is 3.38. The van der Waals surface area contributed by atoms with E-state index in [4.69, 9.17) is 14.0 Å². The van der Waals surface area contributed by atoms with Crippen LogP contribution in [0.15, 0.2) is 47.0 Å². The first kappa shape index (κ1) is 17.1. The topological polar surface area (TPSA) is 64.8 Å². The van der Waals surface area contributed by atoms with Crippen molar-refractivity contribution in [2.45, 2.75) is 20.4 Å². The average molecular weight is 364 g/mol. The number of hydrogen-bond donors (Lipinski definition) is 0. The van der Waals surface area contributed by atoms with Gasteiger partial charge >= 0.3 is 0 Å². The molecule has 0 aliphatic carbocycles. The van der Waals surface area contributed by atoms with Crippen molar-refractivity contribution in [2.75, 3.05) is 13.8 Å². The van der Waals surface area contributed by atoms with Crippen molar-refractivity contribution in [1.29, 1.82) is 0 Å². The first-order valence-corrected chi connectivity index (χ1v) is 8.69. The van der Waals surface area contributed by atoms with Gasteiger partial charge in [-0.25, -0.2) is 0 Å². The Hall–Kier alpha value is -3.28. The van der Waals surface area contributed by atoms with Crippen molar-refractivity contribution in [1.82, 2.24) is 10.1 Å². The molecule has 1 aliphatic heterocycles. The van der Waals surface area contributed by atoms with Crippen LogP contribution in [-0.2, 0) is 6.54 Å². The summed E-state index contributed by atoms with van der Waals surface area (Å²) >= 11 is 0. The normalized spacial score (nSPS) is 12.3. The number of fused-ring (bicyclic) bond motifs is 1. The van der Waals surface area contributed by atoms with Crippen LogP contribution in [0.2, 0.25) is 0 Å². The molecule has 0 bridgehead atoms. The molecule has 0 saturated carbocycles. The Morgan fingerprint density at radius 1 is 1.07 bits per heavy atom. The highest BCUT2D eigenvalue weighted by Crippen LogP contribution is 2.33. The summed E-state index contributed by atoms with van der Waals surface area (Å²) in [4.78, 5) is 14.3. The molecule has 0 unspecified atom stereocenters. The molecule has 138 valence electrons. The van der Waals surface area contributed by atoms with Gasteiger partial charge in [0.1, 0.15) is 5.69 Å². The minimum Gasteiger partial charge on any atom is -0.454 e. The monoisotopic (exact) mass is 364 g/mol. The third-order valence-electron chi connectivity index (χ3n) is 4.58. The summed E-state index contributed by atoms with van der Waals surface area (Å²) in [6.45, 7) is 4.61. The lowest BCUT2D eigenvalue weighted by Gasteiger charge is -2.15. The molecule has 3 aromatic rings. The first-order chi connectivity index (χ1) is 13.0. The molecule has 1 aromatic heterocycles. The van der Waals surface area contributed by atoms with Crippen LogP contribution < -0.4 is 9.47 Å². The van der Waals surface area contributed by atoms with Gasteiger partial charge in [0.25, 0.3) is 5.91 Å². The van der Waals surface area contributed by atoms with Crippen molar-refractivity contribution in [2.24, 2.45) is 0 Å². The largest absolute Gasteiger partial charge is 0.454 e. The number of benzene rings is 2. The molecule has 6 nitrogen and oxygen atoms in total. The van der Waals surface area contributed by atoms with Gasteiger partial charge in [0, 0.05) is 24.2 Å². The second-order valence-electron chi connectivity index (χ2n) is 6.73. The van der Waals surface area contributed by atoms with Crippen molar-refractivity contribution >= 4 is 5.91 Å². The van der Waals surface area contributed by atoms with E-state index in [0.717, 1.165) is 16.7 Å². The van der Waals surface area contributed by atoms with E-state index in [1.165, 1.54) is 0 Å². The highest BCUT2D eigenvalue weighted by atomic mass is 16.7. The summed E-state index contributed by atoms with van der Waals surface area (Å²) in [5.74, 6) is 1.83. The van der Waals surface area contributed by atoms with Crippen molar-refractivity contribution < 1.29 is 18.8 Å². The van der Waals surface area contributed by atoms with Crippen molar-refractivity contribution in [3.8, 4) is 22.8 Å². The average Bonchev–Trinajstić information content (AvgIpc) is 3.31. The van der Waals surface area contributed by atoms with E-state index in [1.54, 1.807) is 30.1 Å². The molecular formula is C21H20N2O4. The summed E-state index contributed by atoms with van der Waals surface area (Å²) in [6, 6.07) is 13.3. The van der Waals surface area contributed by atoms with Gasteiger partial charge in [0.2, 0.25) is 6.79 Å². The number of ether oxygens (including phenoxy) is 2. The van der Waals surface area contributed by atoms with Crippen LogP contribution in [0.4, 0.5) is 0 Å². The van der Waals surface area contributed by atoms with E-state index in [9.17, 15) is 4.79 Å². The highest BCUT2D eigenvalue weighted by Gasteiger charge is 2.19. The van der Waals surface area contributed by atoms with Gasteiger partial charge < -0.3 is 18.9 Å². The van der Waals surface area contributed by atoms with Crippen LogP contribution >= 0.6 is 0 Å². The molecule has 2 heterocycles. The van der Waals surface area contributed by atoms with Crippen LogP contribution in [-0.4, -0.2) is 29.8 Å². The fourth-order valence-corrected chi connectivity index (χ4v) is 3.08. The molecule has 0 fully saturated rings. The van der Waals surface area contributed by atoms with Gasteiger partial charge in [-0.2, -0.15) is 0 Å². The maximum absolute atomic E-state index is 12.7. The summed E-state index contributed by atoms with van der Waals surface area (Å²) in [7, 11) is 1.74. The van der Waals surface area contributed by atoms with E-state index in [1.807, 2.05) is 19.9 Å². The van der Waals surface area contributed by atoms with E-state index < -0.39 is 0 Å². The molecule has 2 aromatic carbocycles. The first-order valence-electron chi connectivity index (χ1n) is 8.69. The SMILES string of the molecule is Cc1ccc(C)c(-c2cc(CN(C)C(=O)c3ccc4c(c3)OCO4)no2)c1. The molecule has 1 amide bonds. The number of aryl methyl sites for hydroxylation is 2. The predicted molar refractivity (Wildman–Crippen MR) is 99.8 cm³/mol. The second kappa shape index (κ2) is 6.79. The Balaban J connectivity index is 1.50. The lowest BCUT2D eigenvalue weighted by Crippen LogP contribution is -2.26. The predicted octanol–water partition coefficient (Wildman–Crippen LogP) is 3.96. The molecule has 4 rings (SSSR count). The third-order valence-corrected chi connectivity index (χ3v) is 4.58. The number of amides is 1. The van der Waals surface area contributed by atoms with Gasteiger partial charge in [-0.15, -0.1) is 0 Å². The zero-order valence-corrected chi connectivity index (χ0v) is 15.5. The molecule has 1 aliphatic rings. The number of rotatable bonds is 4. The second-order valence-corrected chi connectivity index (χ2v) is 6.73. The Morgan fingerprint density at radius 2 is 1.89 bits per heavy atom. The lowest BCUT2D eigenvalue weighted by molar-refractivity contribution is 0.0781. The number of hydrogen-bond acceptors (Lipinski definition) is 5. The molecule has 0 saturated heterocycles. The summed E-state index contributed by atoms with van der Waals surface area (Å²) in [5, 5.41) is 4.12. The van der Waals surface area contributed by atoms with Gasteiger partial charge in [0.05, 0.1) is 6.54 Å². The molecule has 6 heteroatoms. The molecule has 27 heavy (non-hydrogen) atoms. The quantitative estimate of drug-likeness (QED) is 0.701. The molecule has 0 N–H and O–H groups in total. The van der Waals surface area contributed by atoms with Crippen LogP contribution in [0.25, 0.3) is 11.3 Å². The van der Waals surface area contributed by atoms with Gasteiger partial charge in [-0.3, -0.25) is 4.79 Å². The van der Waals surface area contributed by atoms with E-state index in [2.05, 4.69) is 23.4 Å². The van der Waals surface area contributed by atoms with Crippen molar-refractivity contribution in [3.05, 3.63) is 64.8 Å². The Labute approximate surface area is 157 Å². The van der Waals surface area contributed by atoms with Crippen LogP contribution in [0.1, 0.15) is 27.2 Å². The number of aromatic nitrogens is 1. The van der Waals surface area contributed by atoms with Crippen LogP contribution in [0, 0.1) is 13.8 Å². The molecule has 0 spiro atoms. The van der Waals surface area contributed by atoms with E-state index in [0.29, 0.717) is 35.1 Å². The lowest BCUT2D eigenvalue weighted by atomic mass is 10.0. The van der Waals surface area contributed by atoms with Crippen molar-refractivity contribution in [3.63, 3.8) is 0 Å². The highest BCUT2D eigenvalue weighted by molar-refractivity contribution is 5.94. The van der Waals surface area contributed by atoms with Gasteiger partial charge in [-0.1, -0.05) is 22.9 Å². The Bertz CT molecular complexity index is 1010. The number of nitrogens with zero attached hydrogens (tertiary/aromatic N) is 2. The minimum absolute atomic E-state index is 0.121. The Morgan fingerprint density at radius 3 is 2.74 bits per heavy atom. The number of carbonyl (C=O) groups excluding carboxylic acids is 1. The smallest absolute Gasteiger partial charge is 0.254 e. The Kier molecular flexibility index (Phi) is 4.32. The van der Waals surface area contributed by atoms with Crippen LogP contribution in [0.5, 0.6) is 11.5 Å². The zero-order valence-electron chi connectivity index (χ0n) is 15.5. The summed E-state index contributed by atoms with van der Waals surface area (Å²) in [6.07, 6.45) is 0. The standard InChI is InChI=1S/C21H20N2O4/c1-13-4-5-14(2)17(8-13)19-10-16(22-27-19)11-23(3)21(24)15-6-7-18-20(9-15)26-12-25-18/h4-10H,11-12H2,1-3H3. The minimum atomic E-state index is -0.121. The summed E-state index contributed by atoms with van der Waals surface area (Å²) < 4.78 is 16.1. The fraction of sp³-hybridized carbons (Fsp3) is 0.238. The van der Waals surface area contributed by atoms with Gasteiger partial charge in [0.15, 0.2) is 17.3 Å². The molecule has 0 atom stereocenters.